The second kappa shape index (κ2) is 7.20. The van der Waals surface area contributed by atoms with Gasteiger partial charge >= 0.3 is 0 Å². The van der Waals surface area contributed by atoms with Crippen LogP contribution in [0.5, 0.6) is 0 Å². The van der Waals surface area contributed by atoms with Crippen LogP contribution in [0.1, 0.15) is 49.3 Å². The van der Waals surface area contributed by atoms with Gasteiger partial charge in [-0.15, -0.1) is 11.3 Å². The summed E-state index contributed by atoms with van der Waals surface area (Å²) in [6.45, 7) is 6.35. The molecule has 4 rings (SSSR count). The minimum Gasteiger partial charge on any atom is -0.384 e. The lowest BCUT2D eigenvalue weighted by atomic mass is 9.69. The molecule has 2 aliphatic rings. The third-order valence-corrected chi connectivity index (χ3v) is 7.01. The molecule has 0 amide bonds. The Labute approximate surface area is 176 Å². The monoisotopic (exact) mass is 403 g/mol. The van der Waals surface area contributed by atoms with E-state index in [2.05, 4.69) is 39.0 Å². The van der Waals surface area contributed by atoms with Crippen molar-refractivity contribution >= 4 is 22.8 Å². The first-order valence-electron chi connectivity index (χ1n) is 9.96. The maximum atomic E-state index is 13.4. The Morgan fingerprint density at radius 1 is 1.21 bits per heavy atom. The molecule has 0 spiro atoms. The molecular weight excluding hydrogens is 378 g/mol. The zero-order chi connectivity index (χ0) is 20.8. The minimum atomic E-state index is -0.371. The molecule has 0 bridgehead atoms. The summed E-state index contributed by atoms with van der Waals surface area (Å²) in [5.41, 5.74) is 9.49. The predicted molar refractivity (Wildman–Crippen MR) is 117 cm³/mol. The molecule has 0 fully saturated rings. The summed E-state index contributed by atoms with van der Waals surface area (Å²) < 4.78 is 0. The fraction of sp³-hybridized carbons (Fsp3) is 0.333. The first kappa shape index (κ1) is 19.5. The normalized spacial score (nSPS) is 21.2. The van der Waals surface area contributed by atoms with Crippen LogP contribution in [0.25, 0.3) is 0 Å². The lowest BCUT2D eigenvalue weighted by molar-refractivity contribution is -0.118. The molecule has 0 radical (unpaired) electrons. The van der Waals surface area contributed by atoms with Crippen molar-refractivity contribution < 1.29 is 4.79 Å². The predicted octanol–water partition coefficient (Wildman–Crippen LogP) is 5.25. The summed E-state index contributed by atoms with van der Waals surface area (Å²) in [5, 5.41) is 10.1. The molecule has 0 saturated carbocycles. The number of rotatable bonds is 3. The average Bonchev–Trinajstić information content (AvgIpc) is 3.15. The van der Waals surface area contributed by atoms with Gasteiger partial charge in [0.25, 0.3) is 0 Å². The number of Topliss-reactive ketones (excluding diaryl/α,β-unsaturated/α-hetero) is 1. The second-order valence-corrected chi connectivity index (χ2v) is 9.67. The zero-order valence-corrected chi connectivity index (χ0v) is 17.8. The van der Waals surface area contributed by atoms with E-state index >= 15 is 0 Å². The summed E-state index contributed by atoms with van der Waals surface area (Å²) in [5.74, 6) is 0.178. The molecule has 29 heavy (non-hydrogen) atoms. The van der Waals surface area contributed by atoms with Gasteiger partial charge in [-0.05, 0) is 42.5 Å². The van der Waals surface area contributed by atoms with Crippen LogP contribution in [0.4, 0.5) is 5.69 Å². The largest absolute Gasteiger partial charge is 0.384 e. The Bertz CT molecular complexity index is 1070. The van der Waals surface area contributed by atoms with Crippen LogP contribution in [-0.2, 0) is 11.2 Å². The second-order valence-electron chi connectivity index (χ2n) is 8.47. The average molecular weight is 404 g/mol. The number of carbonyl (C=O) groups excluding carboxylic acids is 1. The summed E-state index contributed by atoms with van der Waals surface area (Å²) in [6, 6.07) is 16.3. The molecule has 2 N–H and O–H groups in total. The number of ketones is 1. The number of hydrogen-bond donors (Lipinski definition) is 1. The lowest BCUT2D eigenvalue weighted by Gasteiger charge is -2.43. The Balaban J connectivity index is 1.98. The van der Waals surface area contributed by atoms with Gasteiger partial charge in [0, 0.05) is 33.1 Å². The van der Waals surface area contributed by atoms with Gasteiger partial charge in [-0.25, -0.2) is 0 Å². The van der Waals surface area contributed by atoms with Gasteiger partial charge in [-0.2, -0.15) is 5.26 Å². The molecular formula is C24H25N3OS. The number of carbonyl (C=O) groups is 1. The summed E-state index contributed by atoms with van der Waals surface area (Å²) >= 11 is 1.67. The van der Waals surface area contributed by atoms with Crippen molar-refractivity contribution in [1.29, 1.82) is 5.26 Å². The van der Waals surface area contributed by atoms with Gasteiger partial charge in [0.2, 0.25) is 0 Å². The van der Waals surface area contributed by atoms with Crippen LogP contribution in [0.15, 0.2) is 65.1 Å². The van der Waals surface area contributed by atoms with Gasteiger partial charge in [0.05, 0.1) is 17.6 Å². The maximum Gasteiger partial charge on any atom is 0.162 e. The van der Waals surface area contributed by atoms with E-state index in [1.807, 2.05) is 35.2 Å². The van der Waals surface area contributed by atoms with E-state index in [-0.39, 0.29) is 17.1 Å². The maximum absolute atomic E-state index is 13.4. The highest BCUT2D eigenvalue weighted by Crippen LogP contribution is 2.51. The van der Waals surface area contributed by atoms with Gasteiger partial charge in [0.15, 0.2) is 5.78 Å². The highest BCUT2D eigenvalue weighted by Gasteiger charge is 2.45. The molecule has 1 aliphatic carbocycles. The van der Waals surface area contributed by atoms with E-state index in [9.17, 15) is 10.1 Å². The van der Waals surface area contributed by atoms with E-state index in [0.717, 1.165) is 34.7 Å². The molecule has 1 atom stereocenters. The molecule has 2 heterocycles. The number of para-hydroxylation sites is 1. The number of thiophene rings is 1. The van der Waals surface area contributed by atoms with Crippen LogP contribution in [-0.4, -0.2) is 5.78 Å². The summed E-state index contributed by atoms with van der Waals surface area (Å²) in [7, 11) is 0. The minimum absolute atomic E-state index is 0.119. The first-order chi connectivity index (χ1) is 13.9. The number of nitrogens with two attached hydrogens (primary N) is 1. The zero-order valence-electron chi connectivity index (χ0n) is 17.0. The van der Waals surface area contributed by atoms with E-state index in [4.69, 9.17) is 5.73 Å². The van der Waals surface area contributed by atoms with E-state index < -0.39 is 0 Å². The molecule has 148 valence electrons. The van der Waals surface area contributed by atoms with Crippen LogP contribution in [0.3, 0.4) is 0 Å². The molecule has 1 aliphatic heterocycles. The fourth-order valence-corrected chi connectivity index (χ4v) is 5.48. The molecule has 0 unspecified atom stereocenters. The van der Waals surface area contributed by atoms with Crippen molar-refractivity contribution in [3.8, 4) is 6.07 Å². The Morgan fingerprint density at radius 3 is 2.55 bits per heavy atom. The fourth-order valence-electron chi connectivity index (χ4n) is 4.40. The van der Waals surface area contributed by atoms with E-state index in [0.29, 0.717) is 17.8 Å². The number of anilines is 1. The number of allylic oxidation sites excluding steroid dienone is 3. The first-order valence-corrected chi connectivity index (χ1v) is 10.8. The molecule has 1 aromatic heterocycles. The summed E-state index contributed by atoms with van der Waals surface area (Å²) in [4.78, 5) is 17.6. The Hall–Kier alpha value is -2.84. The van der Waals surface area contributed by atoms with E-state index in [1.54, 1.807) is 11.3 Å². The highest BCUT2D eigenvalue weighted by atomic mass is 32.1. The van der Waals surface area contributed by atoms with Crippen molar-refractivity contribution in [2.75, 3.05) is 4.90 Å². The van der Waals surface area contributed by atoms with Crippen molar-refractivity contribution in [3.05, 3.63) is 74.9 Å². The van der Waals surface area contributed by atoms with Crippen LogP contribution in [0, 0.1) is 16.7 Å². The van der Waals surface area contributed by atoms with Crippen LogP contribution in [0.2, 0.25) is 0 Å². The van der Waals surface area contributed by atoms with Gasteiger partial charge < -0.3 is 5.73 Å². The number of aryl methyl sites for hydroxylation is 1. The quantitative estimate of drug-likeness (QED) is 0.760. The highest BCUT2D eigenvalue weighted by molar-refractivity contribution is 7.12. The summed E-state index contributed by atoms with van der Waals surface area (Å²) in [6.07, 6.45) is 2.15. The molecule has 4 nitrogen and oxygen atoms in total. The van der Waals surface area contributed by atoms with Crippen molar-refractivity contribution in [3.63, 3.8) is 0 Å². The Morgan fingerprint density at radius 2 is 1.93 bits per heavy atom. The van der Waals surface area contributed by atoms with Crippen molar-refractivity contribution in [1.82, 2.24) is 0 Å². The van der Waals surface area contributed by atoms with Crippen molar-refractivity contribution in [2.24, 2.45) is 11.1 Å². The van der Waals surface area contributed by atoms with Gasteiger partial charge in [0.1, 0.15) is 5.82 Å². The molecule has 1 aromatic carbocycles. The molecule has 2 aromatic rings. The number of benzene rings is 1. The smallest absolute Gasteiger partial charge is 0.162 e. The van der Waals surface area contributed by atoms with E-state index in [1.165, 1.54) is 4.88 Å². The topological polar surface area (TPSA) is 70.1 Å². The molecule has 5 heteroatoms. The van der Waals surface area contributed by atoms with Crippen LogP contribution < -0.4 is 10.6 Å². The Kier molecular flexibility index (Phi) is 4.84. The standard InChI is InChI=1S/C24H25N3OS/c1-4-16-10-11-20(29-16)21-17(14-25)23(26)27(15-8-6-5-7-9-15)18-12-24(2,3)13-19(28)22(18)21/h5-11,21H,4,12-13,26H2,1-3H3/t21-/m0/s1. The third-order valence-electron chi connectivity index (χ3n) is 5.71. The van der Waals surface area contributed by atoms with Crippen molar-refractivity contribution in [2.45, 2.75) is 46.0 Å². The SMILES string of the molecule is CCc1ccc([C@@H]2C(C#N)=C(N)N(c3ccccc3)C3=C2C(=O)CC(C)(C)C3)s1. The third kappa shape index (κ3) is 3.28. The lowest BCUT2D eigenvalue weighted by Crippen LogP contribution is -2.42. The van der Waals surface area contributed by atoms with Crippen LogP contribution >= 0.6 is 11.3 Å². The van der Waals surface area contributed by atoms with Gasteiger partial charge in [-0.1, -0.05) is 39.0 Å². The number of nitriles is 1. The number of nitrogens with zero attached hydrogens (tertiary/aromatic N) is 2. The van der Waals surface area contributed by atoms with Gasteiger partial charge in [-0.3, -0.25) is 9.69 Å². The molecule has 0 saturated heterocycles. The number of hydrogen-bond acceptors (Lipinski definition) is 5.